The van der Waals surface area contributed by atoms with Crippen molar-refractivity contribution in [2.24, 2.45) is 0 Å². The second-order valence-corrected chi connectivity index (χ2v) is 7.21. The molecule has 2 aromatic rings. The highest BCUT2D eigenvalue weighted by Crippen LogP contribution is 2.32. The van der Waals surface area contributed by atoms with Crippen LogP contribution in [0.1, 0.15) is 51.0 Å². The third-order valence-corrected chi connectivity index (χ3v) is 4.81. The van der Waals surface area contributed by atoms with Gasteiger partial charge in [0.1, 0.15) is 5.82 Å². The summed E-state index contributed by atoms with van der Waals surface area (Å²) in [6, 6.07) is 5.89. The van der Waals surface area contributed by atoms with E-state index in [0.717, 1.165) is 16.5 Å². The summed E-state index contributed by atoms with van der Waals surface area (Å²) in [7, 11) is 0. The van der Waals surface area contributed by atoms with Gasteiger partial charge in [0.15, 0.2) is 5.16 Å². The first-order valence-electron chi connectivity index (χ1n) is 6.92. The topological polar surface area (TPSA) is 30.7 Å². The Morgan fingerprint density at radius 2 is 1.71 bits per heavy atom. The first kappa shape index (κ1) is 16.7. The van der Waals surface area contributed by atoms with E-state index in [9.17, 15) is 0 Å². The lowest BCUT2D eigenvalue weighted by Gasteiger charge is -2.15. The molecule has 114 valence electrons. The van der Waals surface area contributed by atoms with Gasteiger partial charge in [0.05, 0.1) is 0 Å². The average Bonchev–Trinajstić information content (AvgIpc) is 2.82. The molecule has 21 heavy (non-hydrogen) atoms. The Kier molecular flexibility index (Phi) is 5.58. The van der Waals surface area contributed by atoms with E-state index >= 15 is 0 Å². The van der Waals surface area contributed by atoms with Crippen LogP contribution in [-0.4, -0.2) is 14.8 Å². The minimum absolute atomic E-state index is 0.321. The van der Waals surface area contributed by atoms with E-state index in [0.29, 0.717) is 27.8 Å². The van der Waals surface area contributed by atoms with Gasteiger partial charge in [-0.3, -0.25) is 0 Å². The largest absolute Gasteiger partial charge is 0.303 e. The van der Waals surface area contributed by atoms with Gasteiger partial charge in [0.2, 0.25) is 0 Å². The molecule has 0 aliphatic heterocycles. The van der Waals surface area contributed by atoms with Gasteiger partial charge in [0, 0.05) is 27.8 Å². The van der Waals surface area contributed by atoms with Gasteiger partial charge in [-0.2, -0.15) is 0 Å². The van der Waals surface area contributed by atoms with Crippen LogP contribution in [0.2, 0.25) is 10.0 Å². The first-order chi connectivity index (χ1) is 9.91. The normalized spacial score (nSPS) is 11.6. The zero-order chi connectivity index (χ0) is 15.6. The summed E-state index contributed by atoms with van der Waals surface area (Å²) < 4.78 is 2.18. The predicted molar refractivity (Wildman–Crippen MR) is 90.5 cm³/mol. The van der Waals surface area contributed by atoms with E-state index in [1.54, 1.807) is 11.8 Å². The molecule has 1 aromatic heterocycles. The lowest BCUT2D eigenvalue weighted by molar-refractivity contribution is 0.512. The molecule has 0 amide bonds. The van der Waals surface area contributed by atoms with Gasteiger partial charge in [0.25, 0.3) is 0 Å². The number of nitrogens with zero attached hydrogens (tertiary/aromatic N) is 3. The first-order valence-corrected chi connectivity index (χ1v) is 8.66. The fourth-order valence-electron chi connectivity index (χ4n) is 2.07. The van der Waals surface area contributed by atoms with Crippen LogP contribution in [0, 0.1) is 0 Å². The summed E-state index contributed by atoms with van der Waals surface area (Å²) in [5.41, 5.74) is 0.940. The Hall–Kier alpha value is -0.710. The van der Waals surface area contributed by atoms with Crippen molar-refractivity contribution in [2.45, 2.75) is 50.6 Å². The Morgan fingerprint density at radius 3 is 2.24 bits per heavy atom. The summed E-state index contributed by atoms with van der Waals surface area (Å²) in [4.78, 5) is 0. The number of thioether (sulfide) groups is 1. The molecule has 0 fully saturated rings. The maximum Gasteiger partial charge on any atom is 0.191 e. The summed E-state index contributed by atoms with van der Waals surface area (Å²) in [6.45, 7) is 8.54. The molecule has 0 bridgehead atoms. The Balaban J connectivity index is 2.25. The van der Waals surface area contributed by atoms with Crippen LogP contribution < -0.4 is 0 Å². The molecule has 0 spiro atoms. The van der Waals surface area contributed by atoms with E-state index in [-0.39, 0.29) is 0 Å². The highest BCUT2D eigenvalue weighted by Gasteiger charge is 2.18. The number of hydrogen-bond acceptors (Lipinski definition) is 3. The molecule has 0 aliphatic rings. The van der Waals surface area contributed by atoms with Crippen molar-refractivity contribution in [3.8, 4) is 0 Å². The van der Waals surface area contributed by atoms with Crippen LogP contribution in [0.5, 0.6) is 0 Å². The number of rotatable bonds is 5. The molecular formula is C15H19Cl2N3S. The van der Waals surface area contributed by atoms with E-state index in [1.165, 1.54) is 0 Å². The van der Waals surface area contributed by atoms with Crippen molar-refractivity contribution in [3.63, 3.8) is 0 Å². The molecule has 0 atom stereocenters. The molecule has 3 nitrogen and oxygen atoms in total. The Labute approximate surface area is 140 Å². The zero-order valence-corrected chi connectivity index (χ0v) is 14.9. The standard InChI is InChI=1S/C15H19Cl2N3S/c1-9(2)14-18-19-15(20(14)10(3)4)21-8-11-12(16)6-5-7-13(11)17/h5-7,9-10H,8H2,1-4H3. The van der Waals surface area contributed by atoms with Crippen molar-refractivity contribution in [3.05, 3.63) is 39.6 Å². The monoisotopic (exact) mass is 343 g/mol. The van der Waals surface area contributed by atoms with Crippen LogP contribution in [-0.2, 0) is 5.75 Å². The molecule has 2 rings (SSSR count). The minimum atomic E-state index is 0.321. The third-order valence-electron chi connectivity index (χ3n) is 3.13. The minimum Gasteiger partial charge on any atom is -0.303 e. The van der Waals surface area contributed by atoms with Crippen LogP contribution in [0.3, 0.4) is 0 Å². The van der Waals surface area contributed by atoms with Gasteiger partial charge >= 0.3 is 0 Å². The van der Waals surface area contributed by atoms with Crippen LogP contribution in [0.25, 0.3) is 0 Å². The summed E-state index contributed by atoms with van der Waals surface area (Å²) in [6.07, 6.45) is 0. The Bertz CT molecular complexity index is 603. The second-order valence-electron chi connectivity index (χ2n) is 5.45. The maximum atomic E-state index is 6.21. The van der Waals surface area contributed by atoms with Crippen molar-refractivity contribution < 1.29 is 0 Å². The van der Waals surface area contributed by atoms with E-state index in [2.05, 4.69) is 42.5 Å². The van der Waals surface area contributed by atoms with Crippen LogP contribution >= 0.6 is 35.0 Å². The number of aromatic nitrogens is 3. The molecule has 0 aliphatic carbocycles. The maximum absolute atomic E-state index is 6.21. The average molecular weight is 344 g/mol. The lowest BCUT2D eigenvalue weighted by atomic mass is 10.2. The number of halogens is 2. The van der Waals surface area contributed by atoms with Crippen molar-refractivity contribution in [1.29, 1.82) is 0 Å². The van der Waals surface area contributed by atoms with E-state index in [1.807, 2.05) is 18.2 Å². The zero-order valence-electron chi connectivity index (χ0n) is 12.6. The molecule has 0 unspecified atom stereocenters. The van der Waals surface area contributed by atoms with Crippen LogP contribution in [0.4, 0.5) is 0 Å². The highest BCUT2D eigenvalue weighted by molar-refractivity contribution is 7.98. The quantitative estimate of drug-likeness (QED) is 0.663. The van der Waals surface area contributed by atoms with Gasteiger partial charge < -0.3 is 4.57 Å². The van der Waals surface area contributed by atoms with Crippen LogP contribution in [0.15, 0.2) is 23.4 Å². The third kappa shape index (κ3) is 3.74. The molecule has 6 heteroatoms. The van der Waals surface area contributed by atoms with E-state index in [4.69, 9.17) is 23.2 Å². The van der Waals surface area contributed by atoms with Gasteiger partial charge in [-0.1, -0.05) is 54.9 Å². The second kappa shape index (κ2) is 7.03. The molecule has 0 saturated carbocycles. The summed E-state index contributed by atoms with van der Waals surface area (Å²) in [5.74, 6) is 2.04. The fourth-order valence-corrected chi connectivity index (χ4v) is 3.89. The Morgan fingerprint density at radius 1 is 1.10 bits per heavy atom. The van der Waals surface area contributed by atoms with Gasteiger partial charge in [-0.15, -0.1) is 10.2 Å². The van der Waals surface area contributed by atoms with Crippen molar-refractivity contribution in [1.82, 2.24) is 14.8 Å². The lowest BCUT2D eigenvalue weighted by Crippen LogP contribution is -2.09. The molecule has 0 radical (unpaired) electrons. The predicted octanol–water partition coefficient (Wildman–Crippen LogP) is 5.58. The summed E-state index contributed by atoms with van der Waals surface area (Å²) >= 11 is 14.0. The fraction of sp³-hybridized carbons (Fsp3) is 0.467. The van der Waals surface area contributed by atoms with E-state index < -0.39 is 0 Å². The van der Waals surface area contributed by atoms with Gasteiger partial charge in [-0.05, 0) is 31.5 Å². The van der Waals surface area contributed by atoms with Crippen molar-refractivity contribution in [2.75, 3.05) is 0 Å². The highest BCUT2D eigenvalue weighted by atomic mass is 35.5. The molecule has 1 aromatic carbocycles. The molecule has 0 N–H and O–H groups in total. The summed E-state index contributed by atoms with van der Waals surface area (Å²) in [5, 5.41) is 10.9. The number of hydrogen-bond donors (Lipinski definition) is 0. The SMILES string of the molecule is CC(C)c1nnc(SCc2c(Cl)cccc2Cl)n1C(C)C. The molecule has 0 saturated heterocycles. The van der Waals surface area contributed by atoms with Crippen molar-refractivity contribution >= 4 is 35.0 Å². The number of benzene rings is 1. The van der Waals surface area contributed by atoms with Gasteiger partial charge in [-0.25, -0.2) is 0 Å². The molecule has 1 heterocycles. The molecular weight excluding hydrogens is 325 g/mol. The smallest absolute Gasteiger partial charge is 0.191 e.